The third kappa shape index (κ3) is 8.46. The number of esters is 2. The summed E-state index contributed by atoms with van der Waals surface area (Å²) in [6.45, 7) is 10.6. The zero-order valence-electron chi connectivity index (χ0n) is 21.0. The van der Waals surface area contributed by atoms with Crippen LogP contribution in [-0.4, -0.2) is 62.0 Å². The first kappa shape index (κ1) is 27.9. The number of carbonyl (C=O) groups excluding carboxylic acids is 2. The molecule has 0 bridgehead atoms. The van der Waals surface area contributed by atoms with Gasteiger partial charge in [0.05, 0.1) is 0 Å². The predicted octanol–water partition coefficient (Wildman–Crippen LogP) is 5.71. The van der Waals surface area contributed by atoms with Crippen LogP contribution >= 0.6 is 0 Å². The van der Waals surface area contributed by atoms with Crippen LogP contribution in [0.4, 0.5) is 0 Å². The first-order valence-electron chi connectivity index (χ1n) is 12.9. The second-order valence-corrected chi connectivity index (χ2v) is 24.0. The molecule has 6 nitrogen and oxygen atoms in total. The van der Waals surface area contributed by atoms with E-state index in [4.69, 9.17) is 18.9 Å². The molecule has 2 saturated heterocycles. The molecule has 0 spiro atoms. The molecule has 0 radical (unpaired) electrons. The molecule has 186 valence electrons. The second kappa shape index (κ2) is 14.1. The second-order valence-electron chi connectivity index (χ2n) is 10.0. The summed E-state index contributed by atoms with van der Waals surface area (Å²) in [5.41, 5.74) is 0. The first-order valence-corrected chi connectivity index (χ1v) is 21.0. The van der Waals surface area contributed by atoms with Crippen LogP contribution < -0.4 is 0 Å². The molecule has 0 saturated carbocycles. The number of hydrogen-bond donors (Lipinski definition) is 0. The van der Waals surface area contributed by atoms with Crippen molar-refractivity contribution in [3.63, 3.8) is 0 Å². The number of carbonyl (C=O) groups is 2. The molecule has 2 heterocycles. The fraction of sp³-hybridized carbons (Fsp3) is 0.920. The van der Waals surface area contributed by atoms with Crippen molar-refractivity contribution in [2.75, 3.05) is 13.2 Å². The summed E-state index contributed by atoms with van der Waals surface area (Å²) in [6.07, 6.45) is 7.53. The number of ether oxygens (including phenoxy) is 4. The minimum absolute atomic E-state index is 0.0944. The molecule has 32 heavy (non-hydrogen) atoms. The van der Waals surface area contributed by atoms with E-state index in [9.17, 15) is 9.59 Å². The van der Waals surface area contributed by atoms with Gasteiger partial charge in [0.1, 0.15) is 0 Å². The molecule has 2 aliphatic rings. The average Bonchev–Trinajstić information content (AvgIpc) is 3.13. The van der Waals surface area contributed by atoms with Gasteiger partial charge < -0.3 is 0 Å². The summed E-state index contributed by atoms with van der Waals surface area (Å²) in [5.74, 6) is 0.0785. The van der Waals surface area contributed by atoms with E-state index in [0.717, 1.165) is 13.0 Å². The van der Waals surface area contributed by atoms with Crippen LogP contribution in [0.5, 0.6) is 0 Å². The average molecular weight is 561 g/mol. The third-order valence-corrected chi connectivity index (χ3v) is 23.4. The molecule has 1 unspecified atom stereocenters. The molecule has 2 rings (SSSR count). The Morgan fingerprint density at radius 3 is 2.03 bits per heavy atom. The molecule has 7 heteroatoms. The van der Waals surface area contributed by atoms with Gasteiger partial charge in [0.15, 0.2) is 0 Å². The fourth-order valence-electron chi connectivity index (χ4n) is 5.60. The first-order chi connectivity index (χ1) is 15.3. The van der Waals surface area contributed by atoms with E-state index in [2.05, 4.69) is 20.8 Å². The van der Waals surface area contributed by atoms with Crippen molar-refractivity contribution in [2.45, 2.75) is 116 Å². The van der Waals surface area contributed by atoms with E-state index < -0.39 is 24.5 Å². The van der Waals surface area contributed by atoms with Crippen LogP contribution in [0.1, 0.15) is 79.6 Å². The van der Waals surface area contributed by atoms with Crippen LogP contribution in [0, 0.1) is 11.8 Å². The van der Waals surface area contributed by atoms with Crippen LogP contribution in [0.25, 0.3) is 0 Å². The van der Waals surface area contributed by atoms with Gasteiger partial charge in [0.2, 0.25) is 0 Å². The van der Waals surface area contributed by atoms with Crippen molar-refractivity contribution in [3.05, 3.63) is 0 Å². The normalized spacial score (nSPS) is 27.7. The fourth-order valence-corrected chi connectivity index (χ4v) is 23.3. The monoisotopic (exact) mass is 562 g/mol. The van der Waals surface area contributed by atoms with Crippen molar-refractivity contribution >= 4 is 30.3 Å². The van der Waals surface area contributed by atoms with Gasteiger partial charge in [-0.05, 0) is 0 Å². The van der Waals surface area contributed by atoms with Gasteiger partial charge in [-0.25, -0.2) is 0 Å². The maximum absolute atomic E-state index is 11.7. The van der Waals surface area contributed by atoms with Gasteiger partial charge in [0, 0.05) is 0 Å². The molecule has 0 aliphatic carbocycles. The quantitative estimate of drug-likeness (QED) is 0.200. The molecule has 0 aromatic carbocycles. The SMILES string of the molecule is CCC[CH2][Sn]([CH2]CCC)([CH2]CCC)[CH2]C1CO[C@H]2O[C@H](COC(C)=O)[C@@H](OC(C)=O)C[C@@H]12. The number of hydrogen-bond acceptors (Lipinski definition) is 6. The van der Waals surface area contributed by atoms with Crippen molar-refractivity contribution in [2.24, 2.45) is 11.8 Å². The van der Waals surface area contributed by atoms with Gasteiger partial charge in [-0.1, -0.05) is 0 Å². The van der Waals surface area contributed by atoms with Gasteiger partial charge >= 0.3 is 200 Å². The summed E-state index contributed by atoms with van der Waals surface area (Å²) in [7, 11) is 0. The zero-order valence-corrected chi connectivity index (χ0v) is 23.9. The van der Waals surface area contributed by atoms with Crippen LogP contribution in [0.2, 0.25) is 17.7 Å². The Kier molecular flexibility index (Phi) is 12.3. The van der Waals surface area contributed by atoms with E-state index in [1.165, 1.54) is 70.1 Å². The van der Waals surface area contributed by atoms with Crippen LogP contribution in [0.3, 0.4) is 0 Å². The van der Waals surface area contributed by atoms with Gasteiger partial charge in [-0.3, -0.25) is 0 Å². The Hall–Kier alpha value is -0.341. The molecule has 0 N–H and O–H groups in total. The summed E-state index contributed by atoms with van der Waals surface area (Å²) < 4.78 is 29.0. The molecular weight excluding hydrogens is 515 g/mol. The van der Waals surface area contributed by atoms with E-state index in [0.29, 0.717) is 5.92 Å². The number of unbranched alkanes of at least 4 members (excludes halogenated alkanes) is 3. The predicted molar refractivity (Wildman–Crippen MR) is 128 cm³/mol. The van der Waals surface area contributed by atoms with Crippen molar-refractivity contribution < 1.29 is 28.5 Å². The summed E-state index contributed by atoms with van der Waals surface area (Å²) in [6, 6.07) is 0. The van der Waals surface area contributed by atoms with Crippen molar-refractivity contribution in [1.82, 2.24) is 0 Å². The molecule has 2 fully saturated rings. The zero-order chi connectivity index (χ0) is 23.6. The molecular formula is C25H46O6Sn. The Morgan fingerprint density at radius 1 is 0.938 bits per heavy atom. The van der Waals surface area contributed by atoms with Crippen molar-refractivity contribution in [3.8, 4) is 0 Å². The van der Waals surface area contributed by atoms with Gasteiger partial charge in [-0.15, -0.1) is 0 Å². The minimum atomic E-state index is -2.32. The Morgan fingerprint density at radius 2 is 1.53 bits per heavy atom. The number of fused-ring (bicyclic) bond motifs is 1. The Balaban J connectivity index is 2.15. The summed E-state index contributed by atoms with van der Waals surface area (Å²) in [4.78, 5) is 23.0. The maximum atomic E-state index is 11.7. The van der Waals surface area contributed by atoms with E-state index in [1.54, 1.807) is 0 Å². The summed E-state index contributed by atoms with van der Waals surface area (Å²) in [5, 5.41) is 0. The third-order valence-electron chi connectivity index (χ3n) is 7.30. The van der Waals surface area contributed by atoms with E-state index in [1.807, 2.05) is 0 Å². The molecule has 0 aromatic heterocycles. The van der Waals surface area contributed by atoms with Gasteiger partial charge in [0.25, 0.3) is 0 Å². The Labute approximate surface area is 199 Å². The molecule has 2 aliphatic heterocycles. The number of rotatable bonds is 14. The molecule has 5 atom stereocenters. The van der Waals surface area contributed by atoms with Crippen molar-refractivity contribution in [1.29, 1.82) is 0 Å². The standard InChI is InChI=1S/C13H19O6.3C4H9.Sn/c1-7-5-17-13-10(7)4-11(18-9(3)15)12(19-13)6-16-8(2)14;3*1-3-4-2;/h7,10-13H,1,4-6H2,2-3H3;3*1,3-4H2,2H3;/t7?,10-,11-,12+,13-;;;;/m0..../s1. The topological polar surface area (TPSA) is 71.1 Å². The molecule has 0 amide bonds. The van der Waals surface area contributed by atoms with Crippen LogP contribution in [-0.2, 0) is 28.5 Å². The van der Waals surface area contributed by atoms with Gasteiger partial charge in [-0.2, -0.15) is 0 Å². The van der Waals surface area contributed by atoms with E-state index >= 15 is 0 Å². The summed E-state index contributed by atoms with van der Waals surface area (Å²) >= 11 is -2.32. The van der Waals surface area contributed by atoms with E-state index in [-0.39, 0.29) is 36.9 Å². The Bertz CT molecular complexity index is 561. The molecule has 0 aromatic rings. The van der Waals surface area contributed by atoms with Crippen LogP contribution in [0.15, 0.2) is 0 Å².